The van der Waals surface area contributed by atoms with Gasteiger partial charge in [-0.15, -0.1) is 0 Å². The highest BCUT2D eigenvalue weighted by atomic mass is 16.3. The van der Waals surface area contributed by atoms with Gasteiger partial charge in [-0.25, -0.2) is 9.25 Å². The van der Waals surface area contributed by atoms with Gasteiger partial charge in [0.05, 0.1) is 25.0 Å². The van der Waals surface area contributed by atoms with Crippen LogP contribution in [-0.2, 0) is 13.6 Å². The number of aromatic hydroxyl groups is 1. The monoisotopic (exact) mass is 403 g/mol. The molecule has 0 aliphatic rings. The molecule has 152 valence electrons. The van der Waals surface area contributed by atoms with E-state index in [1.54, 1.807) is 27.8 Å². The first-order chi connectivity index (χ1) is 14.5. The van der Waals surface area contributed by atoms with Gasteiger partial charge in [-0.3, -0.25) is 9.48 Å². The van der Waals surface area contributed by atoms with Gasteiger partial charge in [-0.1, -0.05) is 19.1 Å². The van der Waals surface area contributed by atoms with Gasteiger partial charge in [-0.05, 0) is 29.6 Å². The molecule has 0 amide bonds. The molecule has 1 N–H and O–H groups in total. The van der Waals surface area contributed by atoms with Crippen molar-refractivity contribution in [2.75, 3.05) is 0 Å². The van der Waals surface area contributed by atoms with E-state index in [4.69, 9.17) is 0 Å². The molecular weight excluding hydrogens is 380 g/mol. The third-order valence-corrected chi connectivity index (χ3v) is 5.08. The molecule has 0 aliphatic heterocycles. The zero-order valence-corrected chi connectivity index (χ0v) is 17.1. The first-order valence-electron chi connectivity index (χ1n) is 9.74. The summed E-state index contributed by atoms with van der Waals surface area (Å²) in [6.07, 6.45) is 8.30. The van der Waals surface area contributed by atoms with Crippen LogP contribution in [0.1, 0.15) is 31.0 Å². The van der Waals surface area contributed by atoms with Gasteiger partial charge < -0.3 is 5.11 Å². The molecule has 4 aromatic rings. The molecule has 1 aromatic carbocycles. The number of nitrogens with zero attached hydrogens (tertiary/aromatic N) is 6. The van der Waals surface area contributed by atoms with E-state index in [1.165, 1.54) is 12.3 Å². The van der Waals surface area contributed by atoms with Crippen molar-refractivity contribution < 1.29 is 9.67 Å². The van der Waals surface area contributed by atoms with Crippen molar-refractivity contribution in [1.29, 1.82) is 0 Å². The van der Waals surface area contributed by atoms with Crippen LogP contribution in [0.5, 0.6) is 5.75 Å². The molecule has 0 radical (unpaired) electrons. The molecule has 3 aromatic heterocycles. The molecule has 0 saturated heterocycles. The Morgan fingerprint density at radius 2 is 2.07 bits per heavy atom. The average Bonchev–Trinajstić information content (AvgIpc) is 3.23. The molecule has 0 spiro atoms. The lowest BCUT2D eigenvalue weighted by molar-refractivity contribution is -0.663. The fourth-order valence-corrected chi connectivity index (χ4v) is 3.40. The Balaban J connectivity index is 1.72. The Hall–Kier alpha value is -3.81. The second kappa shape index (κ2) is 7.90. The summed E-state index contributed by atoms with van der Waals surface area (Å²) in [4.78, 5) is 16.9. The van der Waals surface area contributed by atoms with Crippen LogP contribution in [0.4, 0.5) is 0 Å². The quantitative estimate of drug-likeness (QED) is 0.516. The van der Waals surface area contributed by atoms with Gasteiger partial charge in [0.1, 0.15) is 17.6 Å². The Kier molecular flexibility index (Phi) is 5.14. The summed E-state index contributed by atoms with van der Waals surface area (Å²) in [6, 6.07) is 9.39. The average molecular weight is 403 g/mol. The fraction of sp³-hybridized carbons (Fsp3) is 0.227. The van der Waals surface area contributed by atoms with E-state index in [1.807, 2.05) is 56.0 Å². The normalized spacial score (nSPS) is 12.1. The first-order valence-corrected chi connectivity index (χ1v) is 9.74. The number of hydrogen-bond donors (Lipinski definition) is 1. The summed E-state index contributed by atoms with van der Waals surface area (Å²) in [7, 11) is 1.83. The zero-order valence-electron chi connectivity index (χ0n) is 17.1. The smallest absolute Gasteiger partial charge is 0.330 e. The zero-order chi connectivity index (χ0) is 21.3. The van der Waals surface area contributed by atoms with Gasteiger partial charge in [0.2, 0.25) is 5.43 Å². The highest BCUT2D eigenvalue weighted by molar-refractivity contribution is 5.54. The van der Waals surface area contributed by atoms with Gasteiger partial charge >= 0.3 is 5.82 Å². The largest absolute Gasteiger partial charge is 0.502 e. The molecule has 30 heavy (non-hydrogen) atoms. The van der Waals surface area contributed by atoms with Crippen molar-refractivity contribution in [2.24, 2.45) is 7.05 Å². The predicted molar refractivity (Wildman–Crippen MR) is 111 cm³/mol. The van der Waals surface area contributed by atoms with E-state index in [-0.39, 0.29) is 17.1 Å². The lowest BCUT2D eigenvalue weighted by Gasteiger charge is -2.13. The predicted octanol–water partition coefficient (Wildman–Crippen LogP) is 2.19. The lowest BCUT2D eigenvalue weighted by atomic mass is 9.95. The number of hydrogen-bond acceptors (Lipinski definition) is 5. The summed E-state index contributed by atoms with van der Waals surface area (Å²) in [5.74, 6) is 0.604. The standard InChI is InChI=1S/C22H22N6O2/c1-4-27-13-18(11-24-27)28-9-8-20(30)21(25-28)15(2)16-6-5-7-17(10-16)22-23-12-19(29)14-26(22)3/h5-15H,4H2,1-3H3/p+1. The van der Waals surface area contributed by atoms with Crippen molar-refractivity contribution in [1.82, 2.24) is 24.5 Å². The van der Waals surface area contributed by atoms with Crippen molar-refractivity contribution in [3.63, 3.8) is 0 Å². The van der Waals surface area contributed by atoms with Gasteiger partial charge in [0, 0.05) is 24.7 Å². The van der Waals surface area contributed by atoms with Crippen LogP contribution in [0.3, 0.4) is 0 Å². The Morgan fingerprint density at radius 3 is 2.80 bits per heavy atom. The van der Waals surface area contributed by atoms with Crippen molar-refractivity contribution >= 4 is 0 Å². The minimum atomic E-state index is -0.214. The maximum Gasteiger partial charge on any atom is 0.330 e. The summed E-state index contributed by atoms with van der Waals surface area (Å²) >= 11 is 0. The highest BCUT2D eigenvalue weighted by Gasteiger charge is 2.19. The summed E-state index contributed by atoms with van der Waals surface area (Å²) in [5, 5.41) is 18.5. The van der Waals surface area contributed by atoms with Crippen molar-refractivity contribution in [3.8, 4) is 22.8 Å². The molecule has 3 heterocycles. The van der Waals surface area contributed by atoms with Gasteiger partial charge in [-0.2, -0.15) is 10.2 Å². The molecule has 8 heteroatoms. The third-order valence-electron chi connectivity index (χ3n) is 5.08. The van der Waals surface area contributed by atoms with Crippen LogP contribution in [0.2, 0.25) is 0 Å². The van der Waals surface area contributed by atoms with Crippen LogP contribution < -0.4 is 10.00 Å². The van der Waals surface area contributed by atoms with Crippen LogP contribution in [-0.4, -0.2) is 29.7 Å². The molecule has 1 atom stereocenters. The van der Waals surface area contributed by atoms with E-state index in [2.05, 4.69) is 15.2 Å². The minimum Gasteiger partial charge on any atom is -0.502 e. The van der Waals surface area contributed by atoms with Crippen LogP contribution in [0.25, 0.3) is 17.1 Å². The number of aromatic nitrogens is 6. The molecular formula is C22H23N6O2+. The Morgan fingerprint density at radius 1 is 1.23 bits per heavy atom. The Bertz CT molecular complexity index is 1260. The van der Waals surface area contributed by atoms with Gasteiger partial charge in [0.15, 0.2) is 11.9 Å². The van der Waals surface area contributed by atoms with Crippen LogP contribution in [0.15, 0.2) is 66.1 Å². The van der Waals surface area contributed by atoms with Crippen molar-refractivity contribution in [3.05, 3.63) is 82.8 Å². The van der Waals surface area contributed by atoms with E-state index in [0.717, 1.165) is 23.4 Å². The summed E-state index contributed by atoms with van der Waals surface area (Å²) in [6.45, 7) is 4.74. The number of aryl methyl sites for hydroxylation is 2. The maximum atomic E-state index is 12.6. The number of benzene rings is 1. The van der Waals surface area contributed by atoms with Gasteiger partial charge in [0.25, 0.3) is 0 Å². The van der Waals surface area contributed by atoms with E-state index < -0.39 is 0 Å². The maximum absolute atomic E-state index is 12.6. The van der Waals surface area contributed by atoms with Crippen LogP contribution in [0, 0.1) is 0 Å². The molecule has 4 rings (SSSR count). The molecule has 0 saturated carbocycles. The molecule has 0 bridgehead atoms. The fourth-order valence-electron chi connectivity index (χ4n) is 3.40. The first kappa shape index (κ1) is 19.5. The van der Waals surface area contributed by atoms with E-state index >= 15 is 0 Å². The topological polar surface area (TPSA) is 89.7 Å². The second-order valence-electron chi connectivity index (χ2n) is 7.16. The van der Waals surface area contributed by atoms with Crippen LogP contribution >= 0.6 is 0 Å². The third kappa shape index (κ3) is 3.71. The summed E-state index contributed by atoms with van der Waals surface area (Å²) in [5.41, 5.74) is 3.00. The number of rotatable bonds is 5. The van der Waals surface area contributed by atoms with Crippen molar-refractivity contribution in [2.45, 2.75) is 26.3 Å². The SMILES string of the molecule is CCn1cc(-n2ccc(=O)c(C(C)c3cccc(-c4ncc(O)c[n+]4C)c3)n2)cn1. The Labute approximate surface area is 173 Å². The summed E-state index contributed by atoms with van der Waals surface area (Å²) < 4.78 is 5.25. The second-order valence-corrected chi connectivity index (χ2v) is 7.16. The van der Waals surface area contributed by atoms with E-state index in [9.17, 15) is 9.90 Å². The lowest BCUT2D eigenvalue weighted by Crippen LogP contribution is -2.31. The van der Waals surface area contributed by atoms with E-state index in [0.29, 0.717) is 11.5 Å². The molecule has 8 nitrogen and oxygen atoms in total. The molecule has 0 fully saturated rings. The highest BCUT2D eigenvalue weighted by Crippen LogP contribution is 2.24. The molecule has 1 unspecified atom stereocenters. The molecule has 0 aliphatic carbocycles. The minimum absolute atomic E-state index is 0.103.